The van der Waals surface area contributed by atoms with E-state index in [2.05, 4.69) is 25.9 Å². The highest BCUT2D eigenvalue weighted by atomic mass is 35.5. The molecule has 0 atom stereocenters. The van der Waals surface area contributed by atoms with Crippen molar-refractivity contribution < 1.29 is 0 Å². The molecule has 1 aromatic heterocycles. The third kappa shape index (κ3) is 2.06. The van der Waals surface area contributed by atoms with Crippen LogP contribution in [0.3, 0.4) is 0 Å². The molecule has 0 aliphatic rings. The van der Waals surface area contributed by atoms with Gasteiger partial charge in [0.05, 0.1) is 11.6 Å². The van der Waals surface area contributed by atoms with E-state index in [0.717, 1.165) is 17.8 Å². The van der Waals surface area contributed by atoms with Crippen molar-refractivity contribution in [1.82, 2.24) is 9.78 Å². The van der Waals surface area contributed by atoms with Gasteiger partial charge in [0.25, 0.3) is 0 Å². The Labute approximate surface area is 95.2 Å². The molecule has 0 aromatic carbocycles. The first kappa shape index (κ1) is 11.9. The molecule has 0 spiro atoms. The molecule has 1 heterocycles. The lowest BCUT2D eigenvalue weighted by Gasteiger charge is -2.16. The summed E-state index contributed by atoms with van der Waals surface area (Å²) < 4.78 is 1.79. The molecule has 0 radical (unpaired) electrons. The van der Waals surface area contributed by atoms with Crippen LogP contribution in [-0.4, -0.2) is 9.78 Å². The summed E-state index contributed by atoms with van der Waals surface area (Å²) in [5.74, 6) is 0.422. The fourth-order valence-corrected chi connectivity index (χ4v) is 2.04. The van der Waals surface area contributed by atoms with Crippen LogP contribution in [0.1, 0.15) is 39.0 Å². The predicted molar refractivity (Wildman–Crippen MR) is 61.2 cm³/mol. The second-order valence-electron chi connectivity index (χ2n) is 4.32. The van der Waals surface area contributed by atoms with Crippen molar-refractivity contribution in [3.63, 3.8) is 0 Å². The van der Waals surface area contributed by atoms with E-state index in [0.29, 0.717) is 11.0 Å². The summed E-state index contributed by atoms with van der Waals surface area (Å²) in [6, 6.07) is 0. The summed E-state index contributed by atoms with van der Waals surface area (Å²) >= 11 is 12.0. The Hall–Kier alpha value is -0.210. The summed E-state index contributed by atoms with van der Waals surface area (Å²) in [7, 11) is 0. The van der Waals surface area contributed by atoms with E-state index in [1.807, 2.05) is 6.92 Å². The topological polar surface area (TPSA) is 17.8 Å². The minimum absolute atomic E-state index is 0.00567. The van der Waals surface area contributed by atoms with Crippen molar-refractivity contribution in [3.8, 4) is 0 Å². The average Bonchev–Trinajstić information content (AvgIpc) is 2.41. The standard InChI is InChI=1S/C10H16Cl2N2/c1-5-14-9(12)7(6-11)8(13-14)10(2,3)4/h5-6H2,1-4H3. The average molecular weight is 235 g/mol. The number of halogens is 2. The van der Waals surface area contributed by atoms with Gasteiger partial charge in [0, 0.05) is 17.5 Å². The molecule has 0 bridgehead atoms. The molecule has 4 heteroatoms. The zero-order valence-corrected chi connectivity index (χ0v) is 10.6. The summed E-state index contributed by atoms with van der Waals surface area (Å²) in [5, 5.41) is 5.14. The maximum absolute atomic E-state index is 6.15. The van der Waals surface area contributed by atoms with Crippen LogP contribution in [0.4, 0.5) is 0 Å². The highest BCUT2D eigenvalue weighted by Gasteiger charge is 2.24. The van der Waals surface area contributed by atoms with E-state index >= 15 is 0 Å². The Morgan fingerprint density at radius 1 is 1.36 bits per heavy atom. The number of alkyl halides is 1. The second-order valence-corrected chi connectivity index (χ2v) is 4.94. The van der Waals surface area contributed by atoms with Gasteiger partial charge in [-0.05, 0) is 6.92 Å². The summed E-state index contributed by atoms with van der Waals surface area (Å²) in [5.41, 5.74) is 1.95. The summed E-state index contributed by atoms with van der Waals surface area (Å²) in [6.07, 6.45) is 0. The molecule has 0 unspecified atom stereocenters. The molecule has 0 N–H and O–H groups in total. The minimum atomic E-state index is -0.00567. The van der Waals surface area contributed by atoms with Crippen LogP contribution in [0.2, 0.25) is 5.15 Å². The second kappa shape index (κ2) is 4.11. The largest absolute Gasteiger partial charge is 0.254 e. The first-order valence-electron chi connectivity index (χ1n) is 4.73. The van der Waals surface area contributed by atoms with Crippen molar-refractivity contribution in [2.75, 3.05) is 0 Å². The fraction of sp³-hybridized carbons (Fsp3) is 0.700. The van der Waals surface area contributed by atoms with Crippen molar-refractivity contribution in [3.05, 3.63) is 16.4 Å². The van der Waals surface area contributed by atoms with Crippen molar-refractivity contribution >= 4 is 23.2 Å². The first-order valence-corrected chi connectivity index (χ1v) is 5.64. The Bertz CT molecular complexity index is 324. The Balaban J connectivity index is 3.30. The molecule has 0 saturated carbocycles. The zero-order valence-electron chi connectivity index (χ0n) is 9.06. The molecule has 0 aliphatic heterocycles. The van der Waals surface area contributed by atoms with E-state index in [1.54, 1.807) is 4.68 Å². The Kier molecular flexibility index (Phi) is 3.49. The lowest BCUT2D eigenvalue weighted by molar-refractivity contribution is 0.539. The lowest BCUT2D eigenvalue weighted by Crippen LogP contribution is -2.14. The molecular weight excluding hydrogens is 219 g/mol. The smallest absolute Gasteiger partial charge is 0.131 e. The monoisotopic (exact) mass is 234 g/mol. The molecule has 0 aliphatic carbocycles. The van der Waals surface area contributed by atoms with Gasteiger partial charge in [-0.15, -0.1) is 11.6 Å². The van der Waals surface area contributed by atoms with Gasteiger partial charge in [-0.2, -0.15) is 5.10 Å². The van der Waals surface area contributed by atoms with E-state index in [1.165, 1.54) is 0 Å². The highest BCUT2D eigenvalue weighted by Crippen LogP contribution is 2.30. The molecule has 0 amide bonds. The fourth-order valence-electron chi connectivity index (χ4n) is 1.41. The number of aryl methyl sites for hydroxylation is 1. The van der Waals surface area contributed by atoms with E-state index in [9.17, 15) is 0 Å². The third-order valence-electron chi connectivity index (χ3n) is 2.13. The molecule has 2 nitrogen and oxygen atoms in total. The van der Waals surface area contributed by atoms with E-state index in [-0.39, 0.29) is 5.41 Å². The van der Waals surface area contributed by atoms with Crippen LogP contribution in [0.25, 0.3) is 0 Å². The molecule has 0 fully saturated rings. The number of hydrogen-bond donors (Lipinski definition) is 0. The lowest BCUT2D eigenvalue weighted by atomic mass is 9.90. The Morgan fingerprint density at radius 2 is 1.93 bits per heavy atom. The Morgan fingerprint density at radius 3 is 2.21 bits per heavy atom. The zero-order chi connectivity index (χ0) is 10.9. The minimum Gasteiger partial charge on any atom is -0.254 e. The van der Waals surface area contributed by atoms with Crippen LogP contribution < -0.4 is 0 Å². The maximum Gasteiger partial charge on any atom is 0.131 e. The molecule has 1 aromatic rings. The van der Waals surface area contributed by atoms with E-state index < -0.39 is 0 Å². The number of aromatic nitrogens is 2. The summed E-state index contributed by atoms with van der Waals surface area (Å²) in [4.78, 5) is 0. The van der Waals surface area contributed by atoms with Crippen LogP contribution >= 0.6 is 23.2 Å². The SMILES string of the molecule is CCn1nc(C(C)(C)C)c(CCl)c1Cl. The maximum atomic E-state index is 6.15. The van der Waals surface area contributed by atoms with Crippen LogP contribution in [-0.2, 0) is 17.8 Å². The van der Waals surface area contributed by atoms with Gasteiger partial charge in [0.1, 0.15) is 5.15 Å². The third-order valence-corrected chi connectivity index (χ3v) is 2.82. The molecular formula is C10H16Cl2N2. The summed E-state index contributed by atoms with van der Waals surface area (Å²) in [6.45, 7) is 9.13. The van der Waals surface area contributed by atoms with Gasteiger partial charge in [-0.25, -0.2) is 0 Å². The number of nitrogens with zero attached hydrogens (tertiary/aromatic N) is 2. The van der Waals surface area contributed by atoms with Crippen molar-refractivity contribution in [2.45, 2.75) is 45.5 Å². The number of rotatable bonds is 2. The quantitative estimate of drug-likeness (QED) is 0.716. The van der Waals surface area contributed by atoms with Gasteiger partial charge in [-0.1, -0.05) is 32.4 Å². The highest BCUT2D eigenvalue weighted by molar-refractivity contribution is 6.31. The number of hydrogen-bond acceptors (Lipinski definition) is 1. The molecule has 0 saturated heterocycles. The molecule has 1 rings (SSSR count). The molecule has 80 valence electrons. The van der Waals surface area contributed by atoms with Gasteiger partial charge < -0.3 is 0 Å². The van der Waals surface area contributed by atoms with Crippen molar-refractivity contribution in [1.29, 1.82) is 0 Å². The van der Waals surface area contributed by atoms with Gasteiger partial charge in [0.15, 0.2) is 0 Å². The van der Waals surface area contributed by atoms with Crippen LogP contribution in [0.15, 0.2) is 0 Å². The van der Waals surface area contributed by atoms with Crippen LogP contribution in [0.5, 0.6) is 0 Å². The predicted octanol–water partition coefficient (Wildman–Crippen LogP) is 3.59. The molecule has 14 heavy (non-hydrogen) atoms. The first-order chi connectivity index (χ1) is 6.41. The normalized spacial score (nSPS) is 12.1. The van der Waals surface area contributed by atoms with Gasteiger partial charge >= 0.3 is 0 Å². The van der Waals surface area contributed by atoms with Gasteiger partial charge in [0.2, 0.25) is 0 Å². The van der Waals surface area contributed by atoms with E-state index in [4.69, 9.17) is 23.2 Å². The van der Waals surface area contributed by atoms with Crippen LogP contribution in [0, 0.1) is 0 Å². The van der Waals surface area contributed by atoms with Gasteiger partial charge in [-0.3, -0.25) is 4.68 Å². The van der Waals surface area contributed by atoms with Crippen molar-refractivity contribution in [2.24, 2.45) is 0 Å².